The van der Waals surface area contributed by atoms with Crippen LogP contribution in [0.25, 0.3) is 22.4 Å². The standard InChI is InChI=1S/C17H13BrFNO3S/c1-10-16(11-6-7-15(14(19)9-11)24(2,21)22)17(20-23-10)12-4-3-5-13(18)8-12/h3-9H,1-2H3. The molecule has 124 valence electrons. The van der Waals surface area contributed by atoms with E-state index in [0.717, 1.165) is 16.3 Å². The first kappa shape index (κ1) is 16.9. The predicted molar refractivity (Wildman–Crippen MR) is 92.9 cm³/mol. The third kappa shape index (κ3) is 3.14. The van der Waals surface area contributed by atoms with E-state index in [1.54, 1.807) is 13.0 Å². The van der Waals surface area contributed by atoms with Crippen LogP contribution in [0.1, 0.15) is 5.76 Å². The molecule has 0 N–H and O–H groups in total. The summed E-state index contributed by atoms with van der Waals surface area (Å²) in [6.45, 7) is 1.73. The smallest absolute Gasteiger partial charge is 0.178 e. The van der Waals surface area contributed by atoms with Crippen molar-refractivity contribution in [1.82, 2.24) is 5.16 Å². The van der Waals surface area contributed by atoms with Gasteiger partial charge in [0.1, 0.15) is 22.2 Å². The number of hydrogen-bond donors (Lipinski definition) is 0. The van der Waals surface area contributed by atoms with Gasteiger partial charge in [-0.25, -0.2) is 12.8 Å². The molecule has 0 amide bonds. The Morgan fingerprint density at radius 2 is 1.88 bits per heavy atom. The van der Waals surface area contributed by atoms with E-state index >= 15 is 0 Å². The van der Waals surface area contributed by atoms with Gasteiger partial charge in [-0.2, -0.15) is 0 Å². The SMILES string of the molecule is Cc1onc(-c2cccc(Br)c2)c1-c1ccc(S(C)(=O)=O)c(F)c1. The second-order valence-electron chi connectivity index (χ2n) is 5.39. The van der Waals surface area contributed by atoms with Crippen molar-refractivity contribution in [2.24, 2.45) is 0 Å². The highest BCUT2D eigenvalue weighted by molar-refractivity contribution is 9.10. The number of aryl methyl sites for hydroxylation is 1. The van der Waals surface area contributed by atoms with Crippen molar-refractivity contribution in [2.75, 3.05) is 6.26 Å². The lowest BCUT2D eigenvalue weighted by atomic mass is 9.99. The van der Waals surface area contributed by atoms with Gasteiger partial charge < -0.3 is 4.52 Å². The summed E-state index contributed by atoms with van der Waals surface area (Å²) in [7, 11) is -3.62. The molecule has 2 aromatic carbocycles. The summed E-state index contributed by atoms with van der Waals surface area (Å²) >= 11 is 3.40. The summed E-state index contributed by atoms with van der Waals surface area (Å²) in [5.74, 6) is -0.271. The molecule has 3 rings (SSSR count). The molecule has 0 aliphatic heterocycles. The van der Waals surface area contributed by atoms with Gasteiger partial charge in [0, 0.05) is 16.3 Å². The van der Waals surface area contributed by atoms with Gasteiger partial charge in [0.25, 0.3) is 0 Å². The lowest BCUT2D eigenvalue weighted by molar-refractivity contribution is 0.400. The molecular weight excluding hydrogens is 397 g/mol. The van der Waals surface area contributed by atoms with E-state index in [1.807, 2.05) is 24.3 Å². The van der Waals surface area contributed by atoms with Crippen molar-refractivity contribution in [2.45, 2.75) is 11.8 Å². The van der Waals surface area contributed by atoms with Gasteiger partial charge in [-0.3, -0.25) is 0 Å². The van der Waals surface area contributed by atoms with Crippen LogP contribution in [-0.2, 0) is 9.84 Å². The predicted octanol–water partition coefficient (Wildman–Crippen LogP) is 4.62. The number of halogens is 2. The lowest BCUT2D eigenvalue weighted by Gasteiger charge is -2.06. The van der Waals surface area contributed by atoms with Gasteiger partial charge in [-0.05, 0) is 36.8 Å². The largest absolute Gasteiger partial charge is 0.360 e. The second-order valence-corrected chi connectivity index (χ2v) is 8.29. The minimum absolute atomic E-state index is 0.329. The van der Waals surface area contributed by atoms with Crippen molar-refractivity contribution in [3.63, 3.8) is 0 Å². The van der Waals surface area contributed by atoms with Crippen molar-refractivity contribution >= 4 is 25.8 Å². The Kier molecular flexibility index (Phi) is 4.31. The molecule has 0 atom stereocenters. The summed E-state index contributed by atoms with van der Waals surface area (Å²) in [5, 5.41) is 4.07. The average molecular weight is 410 g/mol. The molecule has 0 saturated heterocycles. The zero-order chi connectivity index (χ0) is 17.5. The van der Waals surface area contributed by atoms with Crippen LogP contribution in [-0.4, -0.2) is 19.8 Å². The van der Waals surface area contributed by atoms with E-state index in [2.05, 4.69) is 21.1 Å². The van der Waals surface area contributed by atoms with Crippen LogP contribution in [0.3, 0.4) is 0 Å². The highest BCUT2D eigenvalue weighted by Gasteiger charge is 2.20. The van der Waals surface area contributed by atoms with E-state index in [9.17, 15) is 12.8 Å². The molecular formula is C17H13BrFNO3S. The fourth-order valence-electron chi connectivity index (χ4n) is 2.50. The molecule has 24 heavy (non-hydrogen) atoms. The lowest BCUT2D eigenvalue weighted by Crippen LogP contribution is -2.00. The molecule has 1 heterocycles. The number of nitrogens with zero attached hydrogens (tertiary/aromatic N) is 1. The van der Waals surface area contributed by atoms with Crippen LogP contribution in [0.2, 0.25) is 0 Å². The third-order valence-corrected chi connectivity index (χ3v) is 5.20. The molecule has 0 saturated carbocycles. The Bertz CT molecular complexity index is 1030. The second kappa shape index (κ2) is 6.14. The first-order chi connectivity index (χ1) is 11.3. The number of aromatic nitrogens is 1. The maximum absolute atomic E-state index is 14.2. The quantitative estimate of drug-likeness (QED) is 0.632. The Morgan fingerprint density at radius 3 is 2.50 bits per heavy atom. The van der Waals surface area contributed by atoms with Crippen LogP contribution in [0.4, 0.5) is 4.39 Å². The molecule has 0 radical (unpaired) electrons. The van der Waals surface area contributed by atoms with Crippen LogP contribution in [0.15, 0.2) is 56.4 Å². The molecule has 7 heteroatoms. The minimum atomic E-state index is -3.62. The van der Waals surface area contributed by atoms with Crippen molar-refractivity contribution in [1.29, 1.82) is 0 Å². The summed E-state index contributed by atoms with van der Waals surface area (Å²) in [6.07, 6.45) is 0.975. The summed E-state index contributed by atoms with van der Waals surface area (Å²) < 4.78 is 43.5. The van der Waals surface area contributed by atoms with Crippen LogP contribution in [0.5, 0.6) is 0 Å². The highest BCUT2D eigenvalue weighted by Crippen LogP contribution is 2.36. The van der Waals surface area contributed by atoms with Gasteiger partial charge in [-0.1, -0.05) is 39.3 Å². The third-order valence-electron chi connectivity index (χ3n) is 3.58. The molecule has 0 unspecified atom stereocenters. The number of hydrogen-bond acceptors (Lipinski definition) is 4. The van der Waals surface area contributed by atoms with Gasteiger partial charge in [0.05, 0.1) is 5.56 Å². The summed E-state index contributed by atoms with van der Waals surface area (Å²) in [6, 6.07) is 11.5. The van der Waals surface area contributed by atoms with Gasteiger partial charge in [0.2, 0.25) is 0 Å². The number of sulfone groups is 1. The van der Waals surface area contributed by atoms with E-state index in [1.165, 1.54) is 12.1 Å². The van der Waals surface area contributed by atoms with E-state index in [0.29, 0.717) is 22.6 Å². The minimum Gasteiger partial charge on any atom is -0.360 e. The van der Waals surface area contributed by atoms with Crippen molar-refractivity contribution in [3.8, 4) is 22.4 Å². The van der Waals surface area contributed by atoms with Crippen molar-refractivity contribution in [3.05, 3.63) is 58.5 Å². The monoisotopic (exact) mass is 409 g/mol. The van der Waals surface area contributed by atoms with Crippen LogP contribution >= 0.6 is 15.9 Å². The Balaban J connectivity index is 2.18. The number of benzene rings is 2. The summed E-state index contributed by atoms with van der Waals surface area (Å²) in [5.41, 5.74) is 2.52. The zero-order valence-electron chi connectivity index (χ0n) is 12.9. The highest BCUT2D eigenvalue weighted by atomic mass is 79.9. The molecule has 0 spiro atoms. The Hall–Kier alpha value is -1.99. The van der Waals surface area contributed by atoms with E-state index in [-0.39, 0.29) is 4.90 Å². The molecule has 0 bridgehead atoms. The van der Waals surface area contributed by atoms with Crippen molar-refractivity contribution < 1.29 is 17.3 Å². The zero-order valence-corrected chi connectivity index (χ0v) is 15.3. The molecule has 1 aromatic heterocycles. The van der Waals surface area contributed by atoms with Gasteiger partial charge in [-0.15, -0.1) is 0 Å². The fourth-order valence-corrected chi connectivity index (χ4v) is 3.63. The van der Waals surface area contributed by atoms with E-state index in [4.69, 9.17) is 4.52 Å². The topological polar surface area (TPSA) is 60.2 Å². The Labute approximate surface area is 147 Å². The number of rotatable bonds is 3. The van der Waals surface area contributed by atoms with Crippen LogP contribution < -0.4 is 0 Å². The molecule has 3 aromatic rings. The molecule has 4 nitrogen and oxygen atoms in total. The Morgan fingerprint density at radius 1 is 1.12 bits per heavy atom. The normalized spacial score (nSPS) is 11.7. The average Bonchev–Trinajstić information content (AvgIpc) is 2.87. The van der Waals surface area contributed by atoms with E-state index < -0.39 is 15.7 Å². The van der Waals surface area contributed by atoms with Gasteiger partial charge >= 0.3 is 0 Å². The molecule has 0 aliphatic rings. The first-order valence-electron chi connectivity index (χ1n) is 6.99. The summed E-state index contributed by atoms with van der Waals surface area (Å²) in [4.78, 5) is -0.329. The maximum Gasteiger partial charge on any atom is 0.178 e. The fraction of sp³-hybridized carbons (Fsp3) is 0.118. The van der Waals surface area contributed by atoms with Gasteiger partial charge in [0.15, 0.2) is 9.84 Å². The molecule has 0 fully saturated rings. The maximum atomic E-state index is 14.2. The van der Waals surface area contributed by atoms with Crippen LogP contribution in [0, 0.1) is 12.7 Å². The first-order valence-corrected chi connectivity index (χ1v) is 9.68. The molecule has 0 aliphatic carbocycles.